The molecule has 5 aromatic heterocycles. The first-order valence-corrected chi connectivity index (χ1v) is 23.6. The second-order valence-corrected chi connectivity index (χ2v) is 17.6. The Morgan fingerprint density at radius 2 is 1.15 bits per heavy atom. The van der Waals surface area contributed by atoms with Crippen molar-refractivity contribution in [1.29, 1.82) is 0 Å². The van der Waals surface area contributed by atoms with E-state index in [1.165, 1.54) is 59.8 Å². The lowest BCUT2D eigenvalue weighted by atomic mass is 10.1. The molecule has 73 heavy (non-hydrogen) atoms. The van der Waals surface area contributed by atoms with Crippen LogP contribution in [0.3, 0.4) is 0 Å². The molecular weight excluding hydrogens is 958 g/mol. The third kappa shape index (κ3) is 10.7. The lowest BCUT2D eigenvalue weighted by molar-refractivity contribution is -0.129. The van der Waals surface area contributed by atoms with E-state index in [0.717, 1.165) is 12.4 Å². The monoisotopic (exact) mass is 1010 g/mol. The van der Waals surface area contributed by atoms with Gasteiger partial charge < -0.3 is 39.0 Å². The summed E-state index contributed by atoms with van der Waals surface area (Å²) in [6.45, 7) is 9.92. The quantitative estimate of drug-likeness (QED) is 0.107. The Labute approximate surface area is 423 Å². The number of hydrogen-bond donors (Lipinski definition) is 2. The standard InChI is InChI=1S/C25H25N7O4.C22H21ClN4O4.C4H6N2/c1-15-13-30(9-10-31(15)24(34)17-7-5-4-6-8-17)25(35)22(33)18-11-26-21-20(18)19(36-3)12-27-23(21)32-14-28-16(2)29-32;1-13-12-26(8-9-27(13)21(29)14-6-4-3-5-7-14)22(30)19(28)15-10-24-18-17(15)16(31-2)11-25-20(18)23;1-4-5-2-3-6-4/h4-8,11-12,14-15,26H,9-10,13H2,1-3H3;3-7,10-11,13,24H,8-9,12H2,1-2H3;2H,3H2,1H3/t15-;13-;/m11./s1. The number of ether oxygens (including phenoxy) is 2. The predicted molar refractivity (Wildman–Crippen MR) is 272 cm³/mol. The fourth-order valence-electron chi connectivity index (χ4n) is 8.77. The Bertz CT molecular complexity index is 3280. The normalized spacial score (nSPS) is 16.3. The molecule has 2 aromatic carbocycles. The zero-order valence-corrected chi connectivity index (χ0v) is 41.7. The Kier molecular flexibility index (Phi) is 15.5. The molecule has 2 N–H and O–H groups in total. The number of H-pyrrole nitrogens is 2. The zero-order chi connectivity index (χ0) is 51.9. The molecule has 8 heterocycles. The van der Waals surface area contributed by atoms with E-state index in [4.69, 9.17) is 21.1 Å². The van der Waals surface area contributed by atoms with Crippen LogP contribution in [0.5, 0.6) is 11.5 Å². The third-order valence-electron chi connectivity index (χ3n) is 12.5. The SMILES string of the molecule is CC1=NCC=N1.COc1cnc(-n2cnc(C)n2)c2[nH]cc(C(=O)C(=O)N3CCN(C(=O)c4ccccc4)[C@H](C)C3)c12.COc1cnc(Cl)c2[nH]cc(C(=O)C(=O)N3CCN(C(=O)c4ccccc4)[C@H](C)C3)c12. The number of aryl methyl sites for hydroxylation is 1. The average Bonchev–Trinajstić information content (AvgIpc) is 4.27. The van der Waals surface area contributed by atoms with Crippen LogP contribution in [-0.4, -0.2) is 174 Å². The minimum absolute atomic E-state index is 0.0879. The first-order valence-electron chi connectivity index (χ1n) is 23.3. The number of halogens is 1. The Hall–Kier alpha value is -8.59. The first-order chi connectivity index (χ1) is 35.2. The minimum atomic E-state index is -0.665. The van der Waals surface area contributed by atoms with E-state index in [0.29, 0.717) is 69.2 Å². The van der Waals surface area contributed by atoms with Crippen LogP contribution in [0.2, 0.25) is 5.15 Å². The number of aliphatic imine (C=N–C) groups is 2. The van der Waals surface area contributed by atoms with Gasteiger partial charge in [0.2, 0.25) is 0 Å². The van der Waals surface area contributed by atoms with E-state index in [-0.39, 0.29) is 66.4 Å². The fraction of sp³-hybridized carbons (Fsp3) is 0.294. The highest BCUT2D eigenvalue weighted by atomic mass is 35.5. The number of carbonyl (C=O) groups is 6. The van der Waals surface area contributed by atoms with Crippen molar-refractivity contribution in [2.45, 2.75) is 39.8 Å². The molecule has 3 aliphatic rings. The van der Waals surface area contributed by atoms with Crippen molar-refractivity contribution < 1.29 is 38.2 Å². The summed E-state index contributed by atoms with van der Waals surface area (Å²) in [5.41, 5.74) is 2.49. The number of benzene rings is 2. The van der Waals surface area contributed by atoms with Crippen molar-refractivity contribution in [2.75, 3.05) is 60.0 Å². The van der Waals surface area contributed by atoms with Gasteiger partial charge in [-0.2, -0.15) is 5.10 Å². The number of fused-ring (bicyclic) bond motifs is 2. The van der Waals surface area contributed by atoms with Crippen molar-refractivity contribution >= 4 is 80.7 Å². The van der Waals surface area contributed by atoms with Crippen molar-refractivity contribution in [3.05, 3.63) is 125 Å². The molecule has 2 fully saturated rings. The van der Waals surface area contributed by atoms with Gasteiger partial charge >= 0.3 is 0 Å². The minimum Gasteiger partial charge on any atom is -0.494 e. The van der Waals surface area contributed by atoms with E-state index in [2.05, 4.69) is 40.0 Å². The maximum absolute atomic E-state index is 13.4. The highest BCUT2D eigenvalue weighted by Crippen LogP contribution is 2.34. The number of pyridine rings is 2. The molecule has 2 atom stereocenters. The van der Waals surface area contributed by atoms with E-state index >= 15 is 0 Å². The van der Waals surface area contributed by atoms with Gasteiger partial charge in [0.05, 0.1) is 66.1 Å². The first kappa shape index (κ1) is 50.8. The molecule has 0 aliphatic carbocycles. The van der Waals surface area contributed by atoms with Gasteiger partial charge in [0.25, 0.3) is 35.2 Å². The summed E-state index contributed by atoms with van der Waals surface area (Å²) in [5.74, 6) is -0.170. The van der Waals surface area contributed by atoms with Crippen LogP contribution in [0.4, 0.5) is 0 Å². The summed E-state index contributed by atoms with van der Waals surface area (Å²) >= 11 is 6.11. The molecule has 0 unspecified atom stereocenters. The maximum Gasteiger partial charge on any atom is 0.295 e. The van der Waals surface area contributed by atoms with Crippen LogP contribution in [-0.2, 0) is 9.59 Å². The van der Waals surface area contributed by atoms with Crippen LogP contribution < -0.4 is 9.47 Å². The average molecular weight is 1010 g/mol. The van der Waals surface area contributed by atoms with Gasteiger partial charge in [0.15, 0.2) is 11.0 Å². The van der Waals surface area contributed by atoms with Gasteiger partial charge in [0, 0.05) is 81.1 Å². The zero-order valence-electron chi connectivity index (χ0n) is 40.9. The van der Waals surface area contributed by atoms with Crippen LogP contribution in [0, 0.1) is 6.92 Å². The number of amides is 4. The smallest absolute Gasteiger partial charge is 0.295 e. The van der Waals surface area contributed by atoms with Crippen LogP contribution >= 0.6 is 11.6 Å². The number of methoxy groups -OCH3 is 2. The largest absolute Gasteiger partial charge is 0.494 e. The summed E-state index contributed by atoms with van der Waals surface area (Å²) in [6.07, 6.45) is 9.15. The fourth-order valence-corrected chi connectivity index (χ4v) is 8.96. The summed E-state index contributed by atoms with van der Waals surface area (Å²) < 4.78 is 12.2. The number of rotatable bonds is 9. The molecule has 0 spiro atoms. The second-order valence-electron chi connectivity index (χ2n) is 17.2. The molecule has 7 aromatic rings. The predicted octanol–water partition coefficient (Wildman–Crippen LogP) is 5.29. The van der Waals surface area contributed by atoms with Crippen molar-refractivity contribution in [1.82, 2.24) is 54.3 Å². The van der Waals surface area contributed by atoms with Gasteiger partial charge in [-0.25, -0.2) is 24.6 Å². The van der Waals surface area contributed by atoms with Crippen molar-refractivity contribution in [3.8, 4) is 17.3 Å². The van der Waals surface area contributed by atoms with Gasteiger partial charge in [-0.15, -0.1) is 0 Å². The number of Topliss-reactive ketones (excluding diaryl/α,β-unsaturated/α-hetero) is 2. The molecule has 10 rings (SSSR count). The molecule has 4 amide bonds. The second kappa shape index (κ2) is 22.2. The van der Waals surface area contributed by atoms with Crippen LogP contribution in [0.15, 0.2) is 102 Å². The highest BCUT2D eigenvalue weighted by Gasteiger charge is 2.36. The van der Waals surface area contributed by atoms with E-state index in [9.17, 15) is 28.8 Å². The van der Waals surface area contributed by atoms with Gasteiger partial charge in [-0.3, -0.25) is 33.8 Å². The van der Waals surface area contributed by atoms with Crippen LogP contribution in [0.25, 0.3) is 27.6 Å². The number of nitrogens with zero attached hydrogens (tertiary/aromatic N) is 11. The lowest BCUT2D eigenvalue weighted by Gasteiger charge is -2.39. The van der Waals surface area contributed by atoms with Gasteiger partial charge in [0.1, 0.15) is 29.5 Å². The molecule has 21 nitrogen and oxygen atoms in total. The van der Waals surface area contributed by atoms with Gasteiger partial charge in [-0.05, 0) is 52.0 Å². The number of hydrogen-bond acceptors (Lipinski definition) is 14. The van der Waals surface area contributed by atoms with E-state index in [1.807, 2.05) is 57.2 Å². The molecule has 0 saturated carbocycles. The number of amidine groups is 1. The number of ketones is 2. The maximum atomic E-state index is 13.4. The van der Waals surface area contributed by atoms with Crippen molar-refractivity contribution in [3.63, 3.8) is 0 Å². The van der Waals surface area contributed by atoms with E-state index in [1.54, 1.807) is 47.2 Å². The molecule has 0 radical (unpaired) electrons. The number of nitrogens with one attached hydrogen (secondary N) is 2. The molecule has 376 valence electrons. The highest BCUT2D eigenvalue weighted by molar-refractivity contribution is 6.46. The number of aromatic amines is 2. The molecular formula is C51H52ClN13O8. The number of piperazine rings is 2. The van der Waals surface area contributed by atoms with Gasteiger partial charge in [-0.1, -0.05) is 48.0 Å². The topological polar surface area (TPSA) is 247 Å². The number of carbonyl (C=O) groups excluding carboxylic acids is 6. The summed E-state index contributed by atoms with van der Waals surface area (Å²) in [5, 5.41) is 5.34. The Balaban J connectivity index is 0.000000176. The Morgan fingerprint density at radius 1 is 0.658 bits per heavy atom. The lowest BCUT2D eigenvalue weighted by Crippen LogP contribution is -2.56. The third-order valence-corrected chi connectivity index (χ3v) is 12.8. The molecule has 0 bridgehead atoms. The van der Waals surface area contributed by atoms with Crippen LogP contribution in [0.1, 0.15) is 68.0 Å². The number of aromatic nitrogens is 7. The van der Waals surface area contributed by atoms with Crippen molar-refractivity contribution in [2.24, 2.45) is 9.98 Å². The summed E-state index contributed by atoms with van der Waals surface area (Å²) in [4.78, 5) is 111. The summed E-state index contributed by atoms with van der Waals surface area (Å²) in [7, 11) is 2.93. The van der Waals surface area contributed by atoms with E-state index < -0.39 is 23.4 Å². The molecule has 22 heteroatoms. The summed E-state index contributed by atoms with van der Waals surface area (Å²) in [6, 6.07) is 17.6. The molecule has 3 aliphatic heterocycles. The Morgan fingerprint density at radius 3 is 1.58 bits per heavy atom. The molecule has 2 saturated heterocycles.